The molecule has 11 heavy (non-hydrogen) atoms. The predicted molar refractivity (Wildman–Crippen MR) is 46.1 cm³/mol. The maximum Gasteiger partial charge on any atom is 0.0924 e. The third-order valence-electron chi connectivity index (χ3n) is 2.47. The fraction of sp³-hybridized carbons (Fsp3) is 0.667. The molecule has 0 spiro atoms. The molecule has 0 heterocycles. The van der Waals surface area contributed by atoms with Gasteiger partial charge in [0.25, 0.3) is 0 Å². The van der Waals surface area contributed by atoms with Crippen molar-refractivity contribution in [2.45, 2.75) is 32.6 Å². The smallest absolute Gasteiger partial charge is 0.0924 e. The summed E-state index contributed by atoms with van der Waals surface area (Å²) in [5.41, 5.74) is 0.108. The molecule has 0 aromatic rings. The van der Waals surface area contributed by atoms with Gasteiger partial charge in [0.2, 0.25) is 0 Å². The van der Waals surface area contributed by atoms with Gasteiger partial charge in [-0.25, -0.2) is 0 Å². The molecule has 0 radical (unpaired) electrons. The molecule has 1 rings (SSSR count). The lowest BCUT2D eigenvalue weighted by Crippen LogP contribution is -2.10. The Bertz CT molecular complexity index is 206. The lowest BCUT2D eigenvalue weighted by atomic mass is 9.88. The highest BCUT2D eigenvalue weighted by Crippen LogP contribution is 2.45. The molecule has 0 aromatic carbocycles. The van der Waals surface area contributed by atoms with E-state index in [1.807, 2.05) is 6.07 Å². The number of halogens is 1. The van der Waals surface area contributed by atoms with E-state index in [-0.39, 0.29) is 5.41 Å². The number of nitrogens with zero attached hydrogens (tertiary/aromatic N) is 1. The predicted octanol–water partition coefficient (Wildman–Crippen LogP) is 3.21. The molecule has 0 aliphatic heterocycles. The first-order valence-electron chi connectivity index (χ1n) is 3.95. The van der Waals surface area contributed by atoms with Gasteiger partial charge in [0.1, 0.15) is 0 Å². The molecule has 1 aliphatic carbocycles. The largest absolute Gasteiger partial charge is 0.193 e. The van der Waals surface area contributed by atoms with Gasteiger partial charge in [-0.15, -0.1) is 0 Å². The fourth-order valence-corrected chi connectivity index (χ4v) is 1.86. The van der Waals surface area contributed by atoms with E-state index < -0.39 is 0 Å². The molecular formula is C9H12ClN. The van der Waals surface area contributed by atoms with Crippen LogP contribution in [0.25, 0.3) is 0 Å². The molecule has 1 nitrogen and oxygen atoms in total. The number of hydrogen-bond donors (Lipinski definition) is 0. The zero-order valence-electron chi connectivity index (χ0n) is 6.73. The molecule has 0 aromatic heterocycles. The molecule has 1 saturated carbocycles. The maximum absolute atomic E-state index is 8.40. The van der Waals surface area contributed by atoms with Crippen LogP contribution in [0.1, 0.15) is 32.6 Å². The SMILES string of the molecule is CC1(C(Cl)=CC#N)CCCC1. The summed E-state index contributed by atoms with van der Waals surface area (Å²) in [6.45, 7) is 2.14. The van der Waals surface area contributed by atoms with E-state index in [9.17, 15) is 0 Å². The monoisotopic (exact) mass is 169 g/mol. The normalized spacial score (nSPS) is 23.2. The molecule has 0 saturated heterocycles. The minimum Gasteiger partial charge on any atom is -0.193 e. The third kappa shape index (κ3) is 1.75. The fourth-order valence-electron chi connectivity index (χ4n) is 1.63. The van der Waals surface area contributed by atoms with Crippen LogP contribution in [-0.4, -0.2) is 0 Å². The standard InChI is InChI=1S/C9H12ClN/c1-9(5-2-3-6-9)8(10)4-7-11/h4H,2-3,5-6H2,1H3. The number of nitriles is 1. The highest BCUT2D eigenvalue weighted by atomic mass is 35.5. The lowest BCUT2D eigenvalue weighted by molar-refractivity contribution is 0.435. The van der Waals surface area contributed by atoms with Gasteiger partial charge in [0.15, 0.2) is 0 Å². The van der Waals surface area contributed by atoms with E-state index in [1.54, 1.807) is 0 Å². The van der Waals surface area contributed by atoms with E-state index in [0.29, 0.717) is 0 Å². The lowest BCUT2D eigenvalue weighted by Gasteiger charge is -2.21. The van der Waals surface area contributed by atoms with Crippen molar-refractivity contribution in [3.8, 4) is 6.07 Å². The van der Waals surface area contributed by atoms with Crippen LogP contribution in [-0.2, 0) is 0 Å². The summed E-state index contributed by atoms with van der Waals surface area (Å²) in [5, 5.41) is 9.13. The highest BCUT2D eigenvalue weighted by Gasteiger charge is 2.31. The Hall–Kier alpha value is -0.480. The average molecular weight is 170 g/mol. The second kappa shape index (κ2) is 3.28. The van der Waals surface area contributed by atoms with Crippen molar-refractivity contribution in [1.29, 1.82) is 5.26 Å². The van der Waals surface area contributed by atoms with E-state index in [0.717, 1.165) is 17.9 Å². The van der Waals surface area contributed by atoms with Crippen LogP contribution in [0.15, 0.2) is 11.1 Å². The van der Waals surface area contributed by atoms with Gasteiger partial charge in [-0.2, -0.15) is 5.26 Å². The zero-order valence-corrected chi connectivity index (χ0v) is 7.49. The van der Waals surface area contributed by atoms with Crippen molar-refractivity contribution in [2.24, 2.45) is 5.41 Å². The van der Waals surface area contributed by atoms with E-state index in [4.69, 9.17) is 16.9 Å². The van der Waals surface area contributed by atoms with Gasteiger partial charge in [-0.05, 0) is 12.8 Å². The summed E-state index contributed by atoms with van der Waals surface area (Å²) >= 11 is 5.97. The third-order valence-corrected chi connectivity index (χ3v) is 3.04. The van der Waals surface area contributed by atoms with E-state index in [1.165, 1.54) is 18.9 Å². The van der Waals surface area contributed by atoms with E-state index >= 15 is 0 Å². The van der Waals surface area contributed by atoms with Crippen LogP contribution in [0, 0.1) is 16.7 Å². The highest BCUT2D eigenvalue weighted by molar-refractivity contribution is 6.30. The zero-order chi connectivity index (χ0) is 8.32. The van der Waals surface area contributed by atoms with Gasteiger partial charge in [0, 0.05) is 16.5 Å². The van der Waals surface area contributed by atoms with Gasteiger partial charge >= 0.3 is 0 Å². The Morgan fingerprint density at radius 1 is 1.55 bits per heavy atom. The summed E-state index contributed by atoms with van der Waals surface area (Å²) in [6.07, 6.45) is 6.21. The van der Waals surface area contributed by atoms with Gasteiger partial charge < -0.3 is 0 Å². The molecular weight excluding hydrogens is 158 g/mol. The first kappa shape index (κ1) is 8.62. The van der Waals surface area contributed by atoms with Crippen LogP contribution in [0.4, 0.5) is 0 Å². The number of hydrogen-bond acceptors (Lipinski definition) is 1. The first-order valence-corrected chi connectivity index (χ1v) is 4.33. The molecule has 1 fully saturated rings. The molecule has 60 valence electrons. The second-order valence-electron chi connectivity index (χ2n) is 3.39. The molecule has 2 heteroatoms. The maximum atomic E-state index is 8.40. The minimum absolute atomic E-state index is 0.108. The van der Waals surface area contributed by atoms with Crippen LogP contribution < -0.4 is 0 Å². The minimum atomic E-state index is 0.108. The molecule has 0 unspecified atom stereocenters. The first-order chi connectivity index (χ1) is 5.19. The molecule has 0 amide bonds. The second-order valence-corrected chi connectivity index (χ2v) is 3.80. The van der Waals surface area contributed by atoms with Crippen molar-refractivity contribution >= 4 is 11.6 Å². The van der Waals surface area contributed by atoms with Crippen LogP contribution in [0.3, 0.4) is 0 Å². The van der Waals surface area contributed by atoms with Gasteiger partial charge in [-0.3, -0.25) is 0 Å². The Morgan fingerprint density at radius 2 is 2.09 bits per heavy atom. The van der Waals surface area contributed by atoms with E-state index in [2.05, 4.69) is 6.92 Å². The quantitative estimate of drug-likeness (QED) is 0.553. The topological polar surface area (TPSA) is 23.8 Å². The Labute approximate surface area is 72.7 Å². The Balaban J connectivity index is 2.73. The molecule has 0 atom stereocenters. The van der Waals surface area contributed by atoms with Gasteiger partial charge in [0.05, 0.1) is 6.07 Å². The summed E-state index contributed by atoms with van der Waals surface area (Å²) in [5.74, 6) is 0. The Kier molecular flexibility index (Phi) is 2.57. The van der Waals surface area contributed by atoms with Crippen LogP contribution in [0.5, 0.6) is 0 Å². The van der Waals surface area contributed by atoms with Crippen molar-refractivity contribution in [2.75, 3.05) is 0 Å². The molecule has 0 bridgehead atoms. The summed E-state index contributed by atoms with van der Waals surface area (Å²) < 4.78 is 0. The van der Waals surface area contributed by atoms with Crippen LogP contribution in [0.2, 0.25) is 0 Å². The summed E-state index contributed by atoms with van der Waals surface area (Å²) in [7, 11) is 0. The van der Waals surface area contributed by atoms with Crippen molar-refractivity contribution in [3.05, 3.63) is 11.1 Å². The Morgan fingerprint density at radius 3 is 2.55 bits per heavy atom. The van der Waals surface area contributed by atoms with Crippen molar-refractivity contribution < 1.29 is 0 Å². The van der Waals surface area contributed by atoms with Crippen LogP contribution >= 0.6 is 11.6 Å². The van der Waals surface area contributed by atoms with Crippen molar-refractivity contribution in [3.63, 3.8) is 0 Å². The number of rotatable bonds is 1. The van der Waals surface area contributed by atoms with Crippen molar-refractivity contribution in [1.82, 2.24) is 0 Å². The number of allylic oxidation sites excluding steroid dienone is 2. The van der Waals surface area contributed by atoms with Gasteiger partial charge in [-0.1, -0.05) is 31.4 Å². The molecule has 1 aliphatic rings. The summed E-state index contributed by atoms with van der Waals surface area (Å²) in [6, 6.07) is 1.98. The average Bonchev–Trinajstić information content (AvgIpc) is 2.38. The summed E-state index contributed by atoms with van der Waals surface area (Å²) in [4.78, 5) is 0. The molecule has 0 N–H and O–H groups in total.